The molecule has 1 aromatic rings. The summed E-state index contributed by atoms with van der Waals surface area (Å²) in [7, 11) is 0. The number of hydrogen-bond donors (Lipinski definition) is 1. The number of benzene rings is 1. The molecule has 2 heteroatoms. The van der Waals surface area contributed by atoms with E-state index in [1.165, 1.54) is 47.5 Å². The third-order valence-corrected chi connectivity index (χ3v) is 6.17. The summed E-state index contributed by atoms with van der Waals surface area (Å²) in [5.41, 5.74) is 8.79. The molecule has 2 aliphatic carbocycles. The summed E-state index contributed by atoms with van der Waals surface area (Å²) < 4.78 is 0. The number of hydrogen-bond acceptors (Lipinski definition) is 2. The smallest absolute Gasteiger partial charge is 0.0497 e. The molecule has 2 atom stereocenters. The minimum Gasteiger partial charge on any atom is -0.313 e. The van der Waals surface area contributed by atoms with Crippen LogP contribution in [0.1, 0.15) is 42.7 Å². The topological polar surface area (TPSA) is 15.3 Å². The summed E-state index contributed by atoms with van der Waals surface area (Å²) in [4.78, 5) is 2.58. The van der Waals surface area contributed by atoms with Crippen LogP contribution in [0.15, 0.2) is 65.5 Å². The first-order valence-electron chi connectivity index (χ1n) is 9.70. The van der Waals surface area contributed by atoms with E-state index in [4.69, 9.17) is 0 Å². The highest BCUT2D eigenvalue weighted by atomic mass is 15.2. The third kappa shape index (κ3) is 2.43. The molecule has 0 aromatic heterocycles. The average molecular weight is 330 g/mol. The van der Waals surface area contributed by atoms with Crippen LogP contribution in [0.2, 0.25) is 0 Å². The van der Waals surface area contributed by atoms with E-state index in [2.05, 4.69) is 65.7 Å². The molecule has 0 amide bonds. The van der Waals surface area contributed by atoms with Crippen LogP contribution in [0, 0.1) is 12.8 Å². The lowest BCUT2D eigenvalue weighted by Crippen LogP contribution is -2.21. The second-order valence-corrected chi connectivity index (χ2v) is 7.77. The lowest BCUT2D eigenvalue weighted by Gasteiger charge is -2.27. The van der Waals surface area contributed by atoms with Gasteiger partial charge < -0.3 is 10.2 Å². The Morgan fingerprint density at radius 3 is 3.00 bits per heavy atom. The number of aryl methyl sites for hydroxylation is 1. The van der Waals surface area contributed by atoms with Gasteiger partial charge in [-0.05, 0) is 67.9 Å². The van der Waals surface area contributed by atoms with Gasteiger partial charge in [0.25, 0.3) is 0 Å². The van der Waals surface area contributed by atoms with Gasteiger partial charge >= 0.3 is 0 Å². The minimum atomic E-state index is 0.530. The van der Waals surface area contributed by atoms with Crippen LogP contribution in [0.5, 0.6) is 0 Å². The van der Waals surface area contributed by atoms with Gasteiger partial charge in [0, 0.05) is 36.1 Å². The molecule has 2 nitrogen and oxygen atoms in total. The zero-order valence-corrected chi connectivity index (χ0v) is 15.0. The van der Waals surface area contributed by atoms with Gasteiger partial charge in [-0.3, -0.25) is 0 Å². The number of anilines is 1. The molecule has 0 spiro atoms. The second kappa shape index (κ2) is 6.03. The van der Waals surface area contributed by atoms with E-state index in [9.17, 15) is 0 Å². The van der Waals surface area contributed by atoms with Crippen LogP contribution >= 0.6 is 0 Å². The van der Waals surface area contributed by atoms with E-state index in [1.54, 1.807) is 5.57 Å². The third-order valence-electron chi connectivity index (χ3n) is 6.17. The number of rotatable bonds is 1. The Hall–Kier alpha value is -2.06. The molecule has 5 rings (SSSR count). The molecule has 0 bridgehead atoms. The highest BCUT2D eigenvalue weighted by molar-refractivity contribution is 5.75. The molecule has 0 saturated carbocycles. The predicted octanol–water partition coefficient (Wildman–Crippen LogP) is 4.96. The molecule has 4 aliphatic rings. The van der Waals surface area contributed by atoms with Crippen molar-refractivity contribution in [2.45, 2.75) is 38.5 Å². The molecule has 1 fully saturated rings. The second-order valence-electron chi connectivity index (χ2n) is 7.77. The van der Waals surface area contributed by atoms with Gasteiger partial charge in [-0.1, -0.05) is 35.9 Å². The fraction of sp³-hybridized carbons (Fsp3) is 0.391. The fourth-order valence-electron chi connectivity index (χ4n) is 4.94. The quantitative estimate of drug-likeness (QED) is 0.783. The number of nitrogens with one attached hydrogen (secondary N) is 1. The molecule has 0 radical (unpaired) electrons. The lowest BCUT2D eigenvalue weighted by molar-refractivity contribution is 0.603. The SMILES string of the molecule is Cc1ccc2c(c1)[C@H]1CCC=CC=C1N2C1=C2CNCC2CCC=C1. The molecule has 1 saturated heterocycles. The van der Waals surface area contributed by atoms with Crippen molar-refractivity contribution in [3.05, 3.63) is 76.7 Å². The summed E-state index contributed by atoms with van der Waals surface area (Å²) in [5, 5.41) is 3.61. The summed E-state index contributed by atoms with van der Waals surface area (Å²) in [5.74, 6) is 1.22. The Bertz CT molecular complexity index is 824. The maximum atomic E-state index is 3.61. The number of allylic oxidation sites excluding steroid dienone is 6. The van der Waals surface area contributed by atoms with E-state index in [0.29, 0.717) is 11.8 Å². The number of nitrogens with zero attached hydrogens (tertiary/aromatic N) is 1. The van der Waals surface area contributed by atoms with Crippen molar-refractivity contribution in [1.29, 1.82) is 0 Å². The highest BCUT2D eigenvalue weighted by Crippen LogP contribution is 2.50. The normalized spacial score (nSPS) is 27.6. The Morgan fingerprint density at radius 2 is 2.04 bits per heavy atom. The predicted molar refractivity (Wildman–Crippen MR) is 105 cm³/mol. The zero-order chi connectivity index (χ0) is 16.8. The maximum absolute atomic E-state index is 3.61. The van der Waals surface area contributed by atoms with Crippen molar-refractivity contribution in [1.82, 2.24) is 5.32 Å². The Balaban J connectivity index is 1.71. The Kier molecular flexibility index (Phi) is 3.67. The van der Waals surface area contributed by atoms with Gasteiger partial charge in [0.1, 0.15) is 0 Å². The highest BCUT2D eigenvalue weighted by Gasteiger charge is 2.37. The van der Waals surface area contributed by atoms with Gasteiger partial charge in [-0.2, -0.15) is 0 Å². The van der Waals surface area contributed by atoms with E-state index >= 15 is 0 Å². The van der Waals surface area contributed by atoms with Crippen LogP contribution in [-0.4, -0.2) is 13.1 Å². The molecule has 1 aromatic carbocycles. The van der Waals surface area contributed by atoms with Gasteiger partial charge in [0.15, 0.2) is 0 Å². The van der Waals surface area contributed by atoms with E-state index in [1.807, 2.05) is 0 Å². The summed E-state index contributed by atoms with van der Waals surface area (Å²) in [6, 6.07) is 7.02. The standard InChI is InChI=1S/C23H26N2/c1-16-11-12-23-19(13-16)18-8-3-2-4-9-21(18)25(23)22-10-6-5-7-17-14-24-15-20(17)22/h2,4,6,9-13,17-18,24H,3,5,7-8,14-15H2,1H3/t17?,18-/m1/s1. The van der Waals surface area contributed by atoms with Gasteiger partial charge in [-0.25, -0.2) is 0 Å². The first-order chi connectivity index (χ1) is 12.3. The number of fused-ring (bicyclic) bond motifs is 4. The van der Waals surface area contributed by atoms with Crippen molar-refractivity contribution >= 4 is 5.69 Å². The van der Waals surface area contributed by atoms with E-state index in [-0.39, 0.29) is 0 Å². The maximum Gasteiger partial charge on any atom is 0.0497 e. The molecule has 1 unspecified atom stereocenters. The molecule has 1 N–H and O–H groups in total. The van der Waals surface area contributed by atoms with Gasteiger partial charge in [-0.15, -0.1) is 0 Å². The fourth-order valence-corrected chi connectivity index (χ4v) is 4.94. The summed E-state index contributed by atoms with van der Waals surface area (Å²) >= 11 is 0. The summed E-state index contributed by atoms with van der Waals surface area (Å²) in [6.45, 7) is 4.39. The first-order valence-corrected chi connectivity index (χ1v) is 9.70. The van der Waals surface area contributed by atoms with E-state index < -0.39 is 0 Å². The average Bonchev–Trinajstić information content (AvgIpc) is 3.01. The molecular weight excluding hydrogens is 304 g/mol. The van der Waals surface area contributed by atoms with Crippen molar-refractivity contribution in [2.24, 2.45) is 5.92 Å². The van der Waals surface area contributed by atoms with Crippen LogP contribution in [-0.2, 0) is 0 Å². The molecule has 25 heavy (non-hydrogen) atoms. The lowest BCUT2D eigenvalue weighted by atomic mass is 9.93. The van der Waals surface area contributed by atoms with Gasteiger partial charge in [0.2, 0.25) is 0 Å². The molecule has 2 aliphatic heterocycles. The van der Waals surface area contributed by atoms with Crippen molar-refractivity contribution in [2.75, 3.05) is 18.0 Å². The summed E-state index contributed by atoms with van der Waals surface area (Å²) in [6.07, 6.45) is 16.6. The zero-order valence-electron chi connectivity index (χ0n) is 15.0. The van der Waals surface area contributed by atoms with Gasteiger partial charge in [0.05, 0.1) is 0 Å². The van der Waals surface area contributed by atoms with Crippen molar-refractivity contribution in [3.63, 3.8) is 0 Å². The molecule has 128 valence electrons. The van der Waals surface area contributed by atoms with Crippen LogP contribution in [0.3, 0.4) is 0 Å². The van der Waals surface area contributed by atoms with E-state index in [0.717, 1.165) is 19.5 Å². The van der Waals surface area contributed by atoms with Crippen molar-refractivity contribution < 1.29 is 0 Å². The first kappa shape index (κ1) is 15.2. The van der Waals surface area contributed by atoms with Crippen LogP contribution in [0.4, 0.5) is 5.69 Å². The van der Waals surface area contributed by atoms with Crippen LogP contribution in [0.25, 0.3) is 0 Å². The molecule has 2 heterocycles. The minimum absolute atomic E-state index is 0.530. The Labute approximate surface area is 150 Å². The monoisotopic (exact) mass is 330 g/mol. The largest absolute Gasteiger partial charge is 0.313 e. The van der Waals surface area contributed by atoms with Crippen LogP contribution < -0.4 is 10.2 Å². The molecular formula is C23H26N2. The van der Waals surface area contributed by atoms with Crippen molar-refractivity contribution in [3.8, 4) is 0 Å². The Morgan fingerprint density at radius 1 is 1.12 bits per heavy atom.